The second-order valence-electron chi connectivity index (χ2n) is 11.1. The largest absolute Gasteiger partial charge is 0.335 e. The molecule has 0 spiro atoms. The van der Waals surface area contributed by atoms with Crippen LogP contribution in [-0.4, -0.2) is 27.4 Å². The summed E-state index contributed by atoms with van der Waals surface area (Å²) in [6, 6.07) is 32.7. The molecule has 1 saturated carbocycles. The van der Waals surface area contributed by atoms with Crippen LogP contribution in [0.1, 0.15) is 66.6 Å². The number of amides is 2. The van der Waals surface area contributed by atoms with E-state index in [1.165, 1.54) is 47.3 Å². The van der Waals surface area contributed by atoms with Crippen LogP contribution in [0.4, 0.5) is 4.79 Å². The third kappa shape index (κ3) is 5.42. The van der Waals surface area contributed by atoms with Gasteiger partial charge in [0.15, 0.2) is 0 Å². The van der Waals surface area contributed by atoms with Crippen molar-refractivity contribution < 1.29 is 4.79 Å². The number of nitrogens with zero attached hydrogens (tertiary/aromatic N) is 2. The summed E-state index contributed by atoms with van der Waals surface area (Å²) in [5, 5.41) is 3.17. The Hall–Kier alpha value is -3.51. The van der Waals surface area contributed by atoms with Crippen molar-refractivity contribution >= 4 is 18.0 Å². The van der Waals surface area contributed by atoms with Gasteiger partial charge in [-0.25, -0.2) is 9.78 Å². The number of imidazole rings is 1. The molecule has 40 heavy (non-hydrogen) atoms. The maximum atomic E-state index is 12.5. The molecule has 2 aliphatic rings. The van der Waals surface area contributed by atoms with Crippen molar-refractivity contribution in [3.8, 4) is 0 Å². The summed E-state index contributed by atoms with van der Waals surface area (Å²) in [6.45, 7) is 0. The predicted molar refractivity (Wildman–Crippen MR) is 163 cm³/mol. The van der Waals surface area contributed by atoms with Gasteiger partial charge >= 0.3 is 6.03 Å². The van der Waals surface area contributed by atoms with Gasteiger partial charge in [-0.1, -0.05) is 110 Å². The zero-order valence-corrected chi connectivity index (χ0v) is 23.8. The highest BCUT2D eigenvalue weighted by molar-refractivity contribution is 7.97. The van der Waals surface area contributed by atoms with Crippen LogP contribution in [0.2, 0.25) is 0 Å². The smallest absolute Gasteiger partial charge is 0.324 e. The van der Waals surface area contributed by atoms with Gasteiger partial charge in [0.1, 0.15) is 5.54 Å². The minimum Gasteiger partial charge on any atom is -0.335 e. The highest BCUT2D eigenvalue weighted by atomic mass is 32.2. The summed E-state index contributed by atoms with van der Waals surface area (Å²) in [5.41, 5.74) is 5.58. The molecule has 1 heterocycles. The Balaban J connectivity index is 1.29. The molecule has 1 unspecified atom stereocenters. The number of aryl methyl sites for hydroxylation is 1. The Morgan fingerprint density at radius 3 is 1.98 bits per heavy atom. The van der Waals surface area contributed by atoms with Gasteiger partial charge in [-0.15, -0.1) is 0 Å². The third-order valence-electron chi connectivity index (χ3n) is 8.58. The zero-order valence-electron chi connectivity index (χ0n) is 23.0. The number of nitrogens with one attached hydrogen (secondary N) is 2. The van der Waals surface area contributed by atoms with Crippen LogP contribution in [0, 0.1) is 5.92 Å². The molecule has 2 amide bonds. The normalized spacial score (nSPS) is 17.6. The van der Waals surface area contributed by atoms with Gasteiger partial charge in [-0.05, 0) is 66.7 Å². The molecular formula is C34H38N4OS. The standard InChI is InChI=1S/C34H38N4OS/c39-33(36-30-19-11-4-12-20-30)37-40-24-26-21-22-31-32(23-26)38(25-35-31)34(27-13-5-1-6-14-27,28-15-7-2-8-16-28)29-17-9-3-10-18-29/h1-3,5-10,13-18,25-26,30H,4,11-12,19-24H2,(H2,36,37,39). The number of carbonyl (C=O) groups is 1. The van der Waals surface area contributed by atoms with Gasteiger partial charge in [-0.2, -0.15) is 0 Å². The Bertz CT molecular complexity index is 1290. The lowest BCUT2D eigenvalue weighted by Gasteiger charge is -2.39. The van der Waals surface area contributed by atoms with E-state index in [1.54, 1.807) is 11.9 Å². The molecule has 0 saturated heterocycles. The van der Waals surface area contributed by atoms with E-state index in [0.717, 1.165) is 37.9 Å². The summed E-state index contributed by atoms with van der Waals surface area (Å²) in [4.78, 5) is 17.5. The Morgan fingerprint density at radius 1 is 0.825 bits per heavy atom. The number of carbonyl (C=O) groups excluding carboxylic acids is 1. The second-order valence-corrected chi connectivity index (χ2v) is 12.0. The van der Waals surface area contributed by atoms with Gasteiger partial charge in [-0.3, -0.25) is 4.72 Å². The van der Waals surface area contributed by atoms with Gasteiger partial charge < -0.3 is 9.88 Å². The van der Waals surface area contributed by atoms with Crippen molar-refractivity contribution in [2.24, 2.45) is 5.92 Å². The number of benzene rings is 3. The molecule has 1 aromatic heterocycles. The third-order valence-corrected chi connectivity index (χ3v) is 9.55. The van der Waals surface area contributed by atoms with Crippen molar-refractivity contribution in [1.29, 1.82) is 0 Å². The minimum atomic E-state index is -0.544. The first-order valence-corrected chi connectivity index (χ1v) is 15.6. The van der Waals surface area contributed by atoms with E-state index in [0.29, 0.717) is 12.0 Å². The molecule has 6 rings (SSSR count). The van der Waals surface area contributed by atoms with E-state index in [4.69, 9.17) is 4.98 Å². The second kappa shape index (κ2) is 12.3. The fourth-order valence-electron chi connectivity index (χ4n) is 6.63. The van der Waals surface area contributed by atoms with Crippen LogP contribution in [0.15, 0.2) is 97.3 Å². The fraction of sp³-hybridized carbons (Fsp3) is 0.353. The van der Waals surface area contributed by atoms with Crippen LogP contribution < -0.4 is 10.0 Å². The van der Waals surface area contributed by atoms with Crippen molar-refractivity contribution in [2.75, 3.05) is 5.75 Å². The van der Waals surface area contributed by atoms with E-state index in [2.05, 4.69) is 112 Å². The number of hydrogen-bond donors (Lipinski definition) is 2. The van der Waals surface area contributed by atoms with E-state index >= 15 is 0 Å². The van der Waals surface area contributed by atoms with Crippen LogP contribution in [-0.2, 0) is 18.4 Å². The van der Waals surface area contributed by atoms with Crippen LogP contribution in [0.25, 0.3) is 0 Å². The average molecular weight is 551 g/mol. The van der Waals surface area contributed by atoms with Gasteiger partial charge in [0.25, 0.3) is 0 Å². The molecule has 1 atom stereocenters. The Labute approximate surface area is 241 Å². The lowest BCUT2D eigenvalue weighted by atomic mass is 9.76. The lowest BCUT2D eigenvalue weighted by molar-refractivity contribution is 0.238. The molecule has 5 nitrogen and oxygen atoms in total. The predicted octanol–water partition coefficient (Wildman–Crippen LogP) is 7.11. The zero-order chi connectivity index (χ0) is 27.2. The quantitative estimate of drug-likeness (QED) is 0.182. The first kappa shape index (κ1) is 26.7. The molecule has 0 bridgehead atoms. The Kier molecular flexibility index (Phi) is 8.24. The summed E-state index contributed by atoms with van der Waals surface area (Å²) >= 11 is 1.54. The van der Waals surface area contributed by atoms with E-state index in [1.807, 2.05) is 0 Å². The molecule has 0 aliphatic heterocycles. The van der Waals surface area contributed by atoms with Gasteiger partial charge in [0.2, 0.25) is 0 Å². The highest BCUT2D eigenvalue weighted by Gasteiger charge is 2.41. The maximum absolute atomic E-state index is 12.5. The van der Waals surface area contributed by atoms with Crippen molar-refractivity contribution in [1.82, 2.24) is 19.6 Å². The average Bonchev–Trinajstić information content (AvgIpc) is 3.43. The molecule has 0 radical (unpaired) electrons. The number of urea groups is 1. The summed E-state index contributed by atoms with van der Waals surface area (Å²) in [6.07, 6.45) is 10.9. The van der Waals surface area contributed by atoms with Crippen LogP contribution in [0.5, 0.6) is 0 Å². The molecule has 2 N–H and O–H groups in total. The van der Waals surface area contributed by atoms with Gasteiger partial charge in [0, 0.05) is 17.5 Å². The number of fused-ring (bicyclic) bond motifs is 1. The summed E-state index contributed by atoms with van der Waals surface area (Å²) in [5.74, 6) is 1.35. The van der Waals surface area contributed by atoms with E-state index in [9.17, 15) is 4.79 Å². The maximum Gasteiger partial charge on any atom is 0.324 e. The fourth-order valence-corrected chi connectivity index (χ4v) is 7.42. The SMILES string of the molecule is O=C(NSCC1CCc2ncn(C(c3ccccc3)(c3ccccc3)c3ccccc3)c2C1)NC1CCCCC1. The lowest BCUT2D eigenvalue weighted by Crippen LogP contribution is -2.41. The van der Waals surface area contributed by atoms with Crippen LogP contribution in [0.3, 0.4) is 0 Å². The molecular weight excluding hydrogens is 512 g/mol. The molecule has 3 aromatic carbocycles. The van der Waals surface area contributed by atoms with Crippen molar-refractivity contribution in [3.63, 3.8) is 0 Å². The van der Waals surface area contributed by atoms with E-state index in [-0.39, 0.29) is 6.03 Å². The first-order valence-electron chi connectivity index (χ1n) is 14.7. The molecule has 2 aliphatic carbocycles. The van der Waals surface area contributed by atoms with Crippen molar-refractivity contribution in [2.45, 2.75) is 62.9 Å². The number of hydrogen-bond acceptors (Lipinski definition) is 3. The highest BCUT2D eigenvalue weighted by Crippen LogP contribution is 2.43. The Morgan fingerprint density at radius 2 is 1.40 bits per heavy atom. The summed E-state index contributed by atoms with van der Waals surface area (Å²) < 4.78 is 5.49. The summed E-state index contributed by atoms with van der Waals surface area (Å²) in [7, 11) is 0. The minimum absolute atomic E-state index is 0.0466. The van der Waals surface area contributed by atoms with Crippen molar-refractivity contribution in [3.05, 3.63) is 125 Å². The first-order chi connectivity index (χ1) is 19.7. The number of aromatic nitrogens is 2. The molecule has 6 heteroatoms. The van der Waals surface area contributed by atoms with Gasteiger partial charge in [0.05, 0.1) is 12.0 Å². The molecule has 1 fully saturated rings. The van der Waals surface area contributed by atoms with Crippen LogP contribution >= 0.6 is 11.9 Å². The van der Waals surface area contributed by atoms with E-state index < -0.39 is 5.54 Å². The molecule has 206 valence electrons. The molecule has 4 aromatic rings. The number of rotatable bonds is 8. The topological polar surface area (TPSA) is 59.0 Å². The monoisotopic (exact) mass is 550 g/mol.